The molecule has 0 aliphatic rings. The molecule has 0 amide bonds. The molecule has 0 spiro atoms. The number of ether oxygens (including phenoxy) is 1. The van der Waals surface area contributed by atoms with E-state index in [2.05, 4.69) is 0 Å². The molecule has 0 aliphatic carbocycles. The maximum Gasteiger partial charge on any atom is 0.307 e. The van der Waals surface area contributed by atoms with Crippen LogP contribution in [0.1, 0.15) is 21.6 Å². The van der Waals surface area contributed by atoms with Crippen molar-refractivity contribution in [1.82, 2.24) is 4.57 Å². The Kier molecular flexibility index (Phi) is 4.53. The number of hydrogen-bond donors (Lipinski definition) is 1. The number of carbonyl (C=O) groups excluding carboxylic acids is 1. The summed E-state index contributed by atoms with van der Waals surface area (Å²) in [6.07, 6.45) is -0.290. The van der Waals surface area contributed by atoms with Crippen LogP contribution < -0.4 is 4.74 Å². The summed E-state index contributed by atoms with van der Waals surface area (Å²) in [5, 5.41) is 11.3. The van der Waals surface area contributed by atoms with E-state index in [4.69, 9.17) is 16.3 Å². The van der Waals surface area contributed by atoms with Crippen LogP contribution in [0.2, 0.25) is 4.34 Å². The first kappa shape index (κ1) is 17.4. The summed E-state index contributed by atoms with van der Waals surface area (Å²) >= 11 is 7.10. The number of rotatable bonds is 4. The molecule has 8 heteroatoms. The van der Waals surface area contributed by atoms with Crippen molar-refractivity contribution in [1.29, 1.82) is 0 Å². The van der Waals surface area contributed by atoms with Crippen LogP contribution in [0.15, 0.2) is 23.6 Å². The molecule has 0 fully saturated rings. The average molecular weight is 382 g/mol. The first-order valence-corrected chi connectivity index (χ1v) is 8.47. The van der Waals surface area contributed by atoms with Gasteiger partial charge in [-0.15, -0.1) is 11.3 Å². The van der Waals surface area contributed by atoms with Gasteiger partial charge in [-0.25, -0.2) is 4.39 Å². The van der Waals surface area contributed by atoms with Gasteiger partial charge in [0.2, 0.25) is 0 Å². The third kappa shape index (κ3) is 3.01. The molecule has 25 heavy (non-hydrogen) atoms. The largest absolute Gasteiger partial charge is 0.494 e. The van der Waals surface area contributed by atoms with Crippen molar-refractivity contribution in [3.05, 3.63) is 50.6 Å². The van der Waals surface area contributed by atoms with Crippen molar-refractivity contribution >= 4 is 45.7 Å². The number of thiophene rings is 1. The Morgan fingerprint density at radius 2 is 2.08 bits per heavy atom. The van der Waals surface area contributed by atoms with Crippen molar-refractivity contribution < 1.29 is 23.8 Å². The number of aromatic nitrogens is 1. The highest BCUT2D eigenvalue weighted by Gasteiger charge is 2.23. The van der Waals surface area contributed by atoms with Gasteiger partial charge in [0.25, 0.3) is 5.91 Å². The van der Waals surface area contributed by atoms with E-state index in [1.807, 2.05) is 0 Å². The molecule has 1 aromatic carbocycles. The van der Waals surface area contributed by atoms with Gasteiger partial charge in [-0.2, -0.15) is 0 Å². The van der Waals surface area contributed by atoms with Crippen LogP contribution in [-0.2, 0) is 11.2 Å². The number of aliphatic carboxylic acids is 1. The quantitative estimate of drug-likeness (QED) is 0.737. The fraction of sp³-hybridized carbons (Fsp3) is 0.176. The van der Waals surface area contributed by atoms with Crippen LogP contribution >= 0.6 is 22.9 Å². The molecule has 0 bridgehead atoms. The number of hydrogen-bond acceptors (Lipinski definition) is 4. The number of halogens is 2. The van der Waals surface area contributed by atoms with Crippen LogP contribution in [0.4, 0.5) is 4.39 Å². The number of carboxylic acids is 1. The first-order chi connectivity index (χ1) is 11.8. The lowest BCUT2D eigenvalue weighted by molar-refractivity contribution is -0.136. The molecule has 0 atom stereocenters. The summed E-state index contributed by atoms with van der Waals surface area (Å²) in [7, 11) is 1.32. The highest BCUT2D eigenvalue weighted by Crippen LogP contribution is 2.33. The Morgan fingerprint density at radius 1 is 1.36 bits per heavy atom. The monoisotopic (exact) mass is 381 g/mol. The molecule has 2 aromatic heterocycles. The maximum absolute atomic E-state index is 14.2. The third-order valence-corrected chi connectivity index (χ3v) is 5.04. The summed E-state index contributed by atoms with van der Waals surface area (Å²) in [4.78, 5) is 24.1. The van der Waals surface area contributed by atoms with E-state index in [0.717, 1.165) is 0 Å². The van der Waals surface area contributed by atoms with Crippen LogP contribution in [0.5, 0.6) is 5.75 Å². The summed E-state index contributed by atoms with van der Waals surface area (Å²) in [6, 6.07) is 4.12. The molecule has 5 nitrogen and oxygen atoms in total. The van der Waals surface area contributed by atoms with Gasteiger partial charge >= 0.3 is 5.97 Å². The van der Waals surface area contributed by atoms with E-state index in [1.54, 1.807) is 12.3 Å². The average Bonchev–Trinajstić information content (AvgIpc) is 3.08. The predicted molar refractivity (Wildman–Crippen MR) is 93.6 cm³/mol. The van der Waals surface area contributed by atoms with Crippen LogP contribution in [0.3, 0.4) is 0 Å². The molecule has 3 rings (SSSR count). The topological polar surface area (TPSA) is 68.5 Å². The summed E-state index contributed by atoms with van der Waals surface area (Å²) in [5.41, 5.74) is 1.53. The Morgan fingerprint density at radius 3 is 2.64 bits per heavy atom. The Labute approximate surface area is 151 Å². The Balaban J connectivity index is 2.30. The van der Waals surface area contributed by atoms with Gasteiger partial charge < -0.3 is 9.84 Å². The summed E-state index contributed by atoms with van der Waals surface area (Å²) in [5.74, 6) is -2.09. The minimum atomic E-state index is -1.04. The lowest BCUT2D eigenvalue weighted by Crippen LogP contribution is -2.13. The third-order valence-electron chi connectivity index (χ3n) is 3.95. The Bertz CT molecular complexity index is 1010. The molecule has 3 aromatic rings. The molecule has 0 aliphatic heterocycles. The van der Waals surface area contributed by atoms with Gasteiger partial charge in [0.05, 0.1) is 28.9 Å². The van der Waals surface area contributed by atoms with E-state index < -0.39 is 17.7 Å². The van der Waals surface area contributed by atoms with Gasteiger partial charge in [0.1, 0.15) is 0 Å². The fourth-order valence-corrected chi connectivity index (χ4v) is 3.68. The second kappa shape index (κ2) is 6.50. The zero-order valence-corrected chi connectivity index (χ0v) is 14.9. The van der Waals surface area contributed by atoms with Crippen LogP contribution in [0, 0.1) is 12.7 Å². The van der Waals surface area contributed by atoms with E-state index in [-0.39, 0.29) is 12.2 Å². The standard InChI is InChI=1S/C17H13ClFNO4S/c1-8-10(5-16(21)22)11-4-14(24-2)12(19)6-13(11)20(8)17(23)9-3-15(18)25-7-9/h3-4,6-7H,5H2,1-2H3,(H,21,22). The van der Waals surface area contributed by atoms with Gasteiger partial charge in [-0.1, -0.05) is 11.6 Å². The first-order valence-electron chi connectivity index (χ1n) is 7.21. The van der Waals surface area contributed by atoms with Crippen molar-refractivity contribution in [3.63, 3.8) is 0 Å². The molecule has 0 radical (unpaired) electrons. The molecule has 130 valence electrons. The van der Waals surface area contributed by atoms with E-state index in [1.165, 1.54) is 41.2 Å². The highest BCUT2D eigenvalue weighted by molar-refractivity contribution is 7.14. The maximum atomic E-state index is 14.2. The van der Waals surface area contributed by atoms with E-state index in [9.17, 15) is 19.1 Å². The van der Waals surface area contributed by atoms with Gasteiger partial charge in [0, 0.05) is 22.5 Å². The molecule has 0 saturated carbocycles. The molecule has 2 heterocycles. The molecular formula is C17H13ClFNO4S. The molecule has 0 unspecified atom stereocenters. The summed E-state index contributed by atoms with van der Waals surface area (Å²) < 4.78 is 20.9. The number of fused-ring (bicyclic) bond motifs is 1. The highest BCUT2D eigenvalue weighted by atomic mass is 35.5. The second-order valence-corrected chi connectivity index (χ2v) is 6.96. The molecule has 1 N–H and O–H groups in total. The van der Waals surface area contributed by atoms with E-state index in [0.29, 0.717) is 32.1 Å². The number of benzene rings is 1. The number of methoxy groups -OCH3 is 1. The summed E-state index contributed by atoms with van der Waals surface area (Å²) in [6.45, 7) is 1.63. The predicted octanol–water partition coefficient (Wildman–Crippen LogP) is 4.13. The van der Waals surface area contributed by atoms with Gasteiger partial charge in [0.15, 0.2) is 11.6 Å². The fourth-order valence-electron chi connectivity index (χ4n) is 2.82. The number of carbonyl (C=O) groups is 2. The minimum absolute atomic E-state index is 0.0117. The van der Waals surface area contributed by atoms with Crippen molar-refractivity contribution in [3.8, 4) is 5.75 Å². The van der Waals surface area contributed by atoms with Gasteiger partial charge in [-0.3, -0.25) is 14.2 Å². The zero-order chi connectivity index (χ0) is 18.3. The minimum Gasteiger partial charge on any atom is -0.494 e. The Hall–Kier alpha value is -2.38. The lowest BCUT2D eigenvalue weighted by Gasteiger charge is -2.07. The number of nitrogens with zero attached hydrogens (tertiary/aromatic N) is 1. The zero-order valence-electron chi connectivity index (χ0n) is 13.3. The molecule has 0 saturated heterocycles. The van der Waals surface area contributed by atoms with Crippen molar-refractivity contribution in [2.45, 2.75) is 13.3 Å². The molecular weight excluding hydrogens is 369 g/mol. The van der Waals surface area contributed by atoms with Gasteiger partial charge in [-0.05, 0) is 24.6 Å². The van der Waals surface area contributed by atoms with Crippen LogP contribution in [-0.4, -0.2) is 28.7 Å². The van der Waals surface area contributed by atoms with Crippen molar-refractivity contribution in [2.24, 2.45) is 0 Å². The number of carboxylic acid groups (broad SMARTS) is 1. The second-order valence-electron chi connectivity index (χ2n) is 5.42. The SMILES string of the molecule is COc1cc2c(CC(=O)O)c(C)n(C(=O)c3csc(Cl)c3)c2cc1F. The lowest BCUT2D eigenvalue weighted by atomic mass is 10.1. The smallest absolute Gasteiger partial charge is 0.307 e. The van der Waals surface area contributed by atoms with E-state index >= 15 is 0 Å². The van der Waals surface area contributed by atoms with Crippen molar-refractivity contribution in [2.75, 3.05) is 7.11 Å². The van der Waals surface area contributed by atoms with Crippen LogP contribution in [0.25, 0.3) is 10.9 Å². The normalized spacial score (nSPS) is 11.0.